The van der Waals surface area contributed by atoms with E-state index in [4.69, 9.17) is 0 Å². The van der Waals surface area contributed by atoms with Crippen molar-refractivity contribution in [3.8, 4) is 5.69 Å². The molecule has 1 amide bonds. The van der Waals surface area contributed by atoms with Crippen LogP contribution in [0.25, 0.3) is 5.69 Å². The maximum atomic E-state index is 12.9. The highest BCUT2D eigenvalue weighted by atomic mass is 16.2. The summed E-state index contributed by atoms with van der Waals surface area (Å²) in [5.74, 6) is 0.163. The Morgan fingerprint density at radius 3 is 2.30 bits per heavy atom. The first-order valence-electron chi connectivity index (χ1n) is 8.37. The summed E-state index contributed by atoms with van der Waals surface area (Å²) in [6.45, 7) is 10.9. The molecule has 1 saturated heterocycles. The van der Waals surface area contributed by atoms with Crippen molar-refractivity contribution in [2.24, 2.45) is 0 Å². The molecular weight excluding hydrogens is 286 g/mol. The highest BCUT2D eigenvalue weighted by molar-refractivity contribution is 5.96. The summed E-state index contributed by atoms with van der Waals surface area (Å²) in [5, 5.41) is 0. The lowest BCUT2D eigenvalue weighted by atomic mass is 10.2. The Balaban J connectivity index is 1.85. The van der Waals surface area contributed by atoms with Crippen molar-refractivity contribution in [1.29, 1.82) is 0 Å². The Labute approximate surface area is 138 Å². The van der Waals surface area contributed by atoms with Gasteiger partial charge < -0.3 is 14.4 Å². The zero-order chi connectivity index (χ0) is 16.4. The Kier molecular flexibility index (Phi) is 4.53. The van der Waals surface area contributed by atoms with Crippen molar-refractivity contribution in [1.82, 2.24) is 14.4 Å². The lowest BCUT2D eigenvalue weighted by Gasteiger charge is -2.34. The van der Waals surface area contributed by atoms with Gasteiger partial charge in [0.25, 0.3) is 5.91 Å². The molecule has 1 aromatic carbocycles. The summed E-state index contributed by atoms with van der Waals surface area (Å²) in [4.78, 5) is 17.3. The van der Waals surface area contributed by atoms with E-state index < -0.39 is 0 Å². The number of carbonyl (C=O) groups is 1. The highest BCUT2D eigenvalue weighted by Gasteiger charge is 2.24. The number of hydrogen-bond donors (Lipinski definition) is 0. The number of nitrogens with zero attached hydrogens (tertiary/aromatic N) is 3. The Morgan fingerprint density at radius 1 is 1.04 bits per heavy atom. The number of aryl methyl sites for hydroxylation is 1. The number of hydrogen-bond acceptors (Lipinski definition) is 2. The van der Waals surface area contributed by atoms with Crippen LogP contribution in [-0.4, -0.2) is 53.0 Å². The molecule has 0 radical (unpaired) electrons. The SMILES string of the molecule is CCN1CCN(C(=O)c2cc(C)n(-c3ccccc3)c2C)CC1. The molecule has 2 aromatic rings. The van der Waals surface area contributed by atoms with Gasteiger partial charge in [0.15, 0.2) is 0 Å². The Hall–Kier alpha value is -2.07. The van der Waals surface area contributed by atoms with Crippen molar-refractivity contribution in [3.63, 3.8) is 0 Å². The predicted molar refractivity (Wildman–Crippen MR) is 93.3 cm³/mol. The second-order valence-corrected chi connectivity index (χ2v) is 6.18. The molecule has 0 spiro atoms. The highest BCUT2D eigenvalue weighted by Crippen LogP contribution is 2.22. The number of likely N-dealkylation sites (N-methyl/N-ethyl adjacent to an activating group) is 1. The van der Waals surface area contributed by atoms with Crippen molar-refractivity contribution >= 4 is 5.91 Å². The maximum Gasteiger partial charge on any atom is 0.255 e. The van der Waals surface area contributed by atoms with Gasteiger partial charge in [0.05, 0.1) is 5.56 Å². The van der Waals surface area contributed by atoms with Crippen molar-refractivity contribution < 1.29 is 4.79 Å². The molecule has 2 heterocycles. The molecule has 1 aliphatic rings. The van der Waals surface area contributed by atoms with Crippen LogP contribution < -0.4 is 0 Å². The number of benzene rings is 1. The zero-order valence-corrected chi connectivity index (χ0v) is 14.2. The van der Waals surface area contributed by atoms with E-state index >= 15 is 0 Å². The normalized spacial score (nSPS) is 15.9. The van der Waals surface area contributed by atoms with E-state index in [1.54, 1.807) is 0 Å². The molecule has 1 aliphatic heterocycles. The average molecular weight is 311 g/mol. The minimum atomic E-state index is 0.163. The number of para-hydroxylation sites is 1. The van der Waals surface area contributed by atoms with Gasteiger partial charge in [-0.05, 0) is 38.6 Å². The number of rotatable bonds is 3. The van der Waals surface area contributed by atoms with E-state index in [9.17, 15) is 4.79 Å². The summed E-state index contributed by atoms with van der Waals surface area (Å²) in [7, 11) is 0. The van der Waals surface area contributed by atoms with Crippen LogP contribution in [0, 0.1) is 13.8 Å². The van der Waals surface area contributed by atoms with Crippen LogP contribution in [0.4, 0.5) is 0 Å². The summed E-state index contributed by atoms with van der Waals surface area (Å²) in [5.41, 5.74) is 4.06. The van der Waals surface area contributed by atoms with Crippen LogP contribution >= 0.6 is 0 Å². The second-order valence-electron chi connectivity index (χ2n) is 6.18. The predicted octanol–water partition coefficient (Wildman–Crippen LogP) is 2.87. The molecule has 0 atom stereocenters. The third kappa shape index (κ3) is 3.04. The molecule has 1 aromatic heterocycles. The molecule has 0 aliphatic carbocycles. The van der Waals surface area contributed by atoms with Gasteiger partial charge in [0.2, 0.25) is 0 Å². The fourth-order valence-electron chi connectivity index (χ4n) is 3.39. The zero-order valence-electron chi connectivity index (χ0n) is 14.2. The topological polar surface area (TPSA) is 28.5 Å². The average Bonchev–Trinajstić information content (AvgIpc) is 2.89. The van der Waals surface area contributed by atoms with E-state index in [0.717, 1.165) is 55.4 Å². The lowest BCUT2D eigenvalue weighted by molar-refractivity contribution is 0.0642. The first-order chi connectivity index (χ1) is 11.1. The maximum absolute atomic E-state index is 12.9. The standard InChI is InChI=1S/C19H25N3O/c1-4-20-10-12-21(13-11-20)19(23)18-14-15(2)22(16(18)3)17-8-6-5-7-9-17/h5-9,14H,4,10-13H2,1-3H3. The first-order valence-corrected chi connectivity index (χ1v) is 8.37. The van der Waals surface area contributed by atoms with E-state index in [2.05, 4.69) is 35.4 Å². The first kappa shape index (κ1) is 15.8. The van der Waals surface area contributed by atoms with Crippen LogP contribution in [0.2, 0.25) is 0 Å². The molecule has 23 heavy (non-hydrogen) atoms. The minimum Gasteiger partial charge on any atom is -0.336 e. The smallest absolute Gasteiger partial charge is 0.255 e. The van der Waals surface area contributed by atoms with E-state index in [1.165, 1.54) is 0 Å². The van der Waals surface area contributed by atoms with E-state index in [-0.39, 0.29) is 5.91 Å². The van der Waals surface area contributed by atoms with Gasteiger partial charge in [0.1, 0.15) is 0 Å². The Bertz CT molecular complexity index is 682. The molecule has 3 rings (SSSR count). The minimum absolute atomic E-state index is 0.163. The van der Waals surface area contributed by atoms with Crippen molar-refractivity contribution in [2.45, 2.75) is 20.8 Å². The lowest BCUT2D eigenvalue weighted by Crippen LogP contribution is -2.48. The van der Waals surface area contributed by atoms with Gasteiger partial charge >= 0.3 is 0 Å². The van der Waals surface area contributed by atoms with Crippen LogP contribution in [0.5, 0.6) is 0 Å². The second kappa shape index (κ2) is 6.59. The van der Waals surface area contributed by atoms with Gasteiger partial charge in [-0.3, -0.25) is 4.79 Å². The van der Waals surface area contributed by atoms with Crippen molar-refractivity contribution in [2.75, 3.05) is 32.7 Å². The van der Waals surface area contributed by atoms with Gasteiger partial charge in [-0.2, -0.15) is 0 Å². The van der Waals surface area contributed by atoms with Crippen LogP contribution in [0.15, 0.2) is 36.4 Å². The molecule has 122 valence electrons. The van der Waals surface area contributed by atoms with Gasteiger partial charge in [-0.25, -0.2) is 0 Å². The molecule has 4 heteroatoms. The van der Waals surface area contributed by atoms with Gasteiger partial charge in [-0.1, -0.05) is 25.1 Å². The van der Waals surface area contributed by atoms with Crippen LogP contribution in [-0.2, 0) is 0 Å². The quantitative estimate of drug-likeness (QED) is 0.872. The molecule has 0 unspecified atom stereocenters. The van der Waals surface area contributed by atoms with Gasteiger partial charge in [0, 0.05) is 43.3 Å². The molecule has 0 bridgehead atoms. The molecular formula is C19H25N3O. The number of carbonyl (C=O) groups excluding carboxylic acids is 1. The Morgan fingerprint density at radius 2 is 1.70 bits per heavy atom. The van der Waals surface area contributed by atoms with Crippen LogP contribution in [0.3, 0.4) is 0 Å². The summed E-state index contributed by atoms with van der Waals surface area (Å²) >= 11 is 0. The van der Waals surface area contributed by atoms with Gasteiger partial charge in [-0.15, -0.1) is 0 Å². The van der Waals surface area contributed by atoms with E-state index in [1.807, 2.05) is 36.1 Å². The number of aromatic nitrogens is 1. The van der Waals surface area contributed by atoms with Crippen molar-refractivity contribution in [3.05, 3.63) is 53.3 Å². The van der Waals surface area contributed by atoms with Crippen LogP contribution in [0.1, 0.15) is 28.7 Å². The fourth-order valence-corrected chi connectivity index (χ4v) is 3.39. The summed E-state index contributed by atoms with van der Waals surface area (Å²) in [6, 6.07) is 12.2. The fraction of sp³-hybridized carbons (Fsp3) is 0.421. The number of amides is 1. The van der Waals surface area contributed by atoms with E-state index in [0.29, 0.717) is 0 Å². The third-order valence-electron chi connectivity index (χ3n) is 4.78. The largest absolute Gasteiger partial charge is 0.336 e. The third-order valence-corrected chi connectivity index (χ3v) is 4.78. The monoisotopic (exact) mass is 311 g/mol. The molecule has 1 fully saturated rings. The number of piperazine rings is 1. The summed E-state index contributed by atoms with van der Waals surface area (Å²) < 4.78 is 2.16. The molecule has 0 saturated carbocycles. The molecule has 4 nitrogen and oxygen atoms in total. The molecule has 0 N–H and O–H groups in total. The summed E-state index contributed by atoms with van der Waals surface area (Å²) in [6.07, 6.45) is 0.